The van der Waals surface area contributed by atoms with Gasteiger partial charge in [-0.05, 0) is 43.6 Å². The molecule has 1 aliphatic heterocycles. The highest BCUT2D eigenvalue weighted by molar-refractivity contribution is 7.80. The smallest absolute Gasteiger partial charge is 0.227 e. The molecular weight excluding hydrogens is 408 g/mol. The highest BCUT2D eigenvalue weighted by Gasteiger charge is 2.24. The Balaban J connectivity index is 0.000000447. The fourth-order valence-electron chi connectivity index (χ4n) is 2.99. The number of anilines is 2. The Bertz CT molecular complexity index is 894. The van der Waals surface area contributed by atoms with Crippen LogP contribution in [0.5, 0.6) is 5.75 Å². The largest absolute Gasteiger partial charge is 0.494 e. The van der Waals surface area contributed by atoms with Crippen LogP contribution in [0.3, 0.4) is 0 Å². The van der Waals surface area contributed by atoms with Crippen molar-refractivity contribution in [2.45, 2.75) is 40.0 Å². The van der Waals surface area contributed by atoms with Crippen molar-refractivity contribution in [2.75, 3.05) is 30.9 Å². The van der Waals surface area contributed by atoms with Crippen LogP contribution < -0.4 is 20.3 Å². The molecule has 0 saturated heterocycles. The Hall–Kier alpha value is -3.11. The number of hydrogen-bond acceptors (Lipinski definition) is 4. The van der Waals surface area contributed by atoms with Crippen molar-refractivity contribution in [1.29, 1.82) is 5.26 Å². The van der Waals surface area contributed by atoms with Crippen LogP contribution in [0.2, 0.25) is 0 Å². The Morgan fingerprint density at radius 1 is 1.23 bits per heavy atom. The highest BCUT2D eigenvalue weighted by atomic mass is 32.1. The van der Waals surface area contributed by atoms with Gasteiger partial charge in [0.05, 0.1) is 24.6 Å². The second kappa shape index (κ2) is 14.0. The molecule has 1 heterocycles. The second-order valence-corrected chi connectivity index (χ2v) is 6.94. The molecule has 0 aliphatic carbocycles. The van der Waals surface area contributed by atoms with E-state index < -0.39 is 0 Å². The third kappa shape index (κ3) is 7.91. The molecule has 0 aromatic heterocycles. The Morgan fingerprint density at radius 3 is 2.42 bits per heavy atom. The third-order valence-electron chi connectivity index (χ3n) is 4.47. The van der Waals surface area contributed by atoms with E-state index in [0.717, 1.165) is 29.8 Å². The van der Waals surface area contributed by atoms with Gasteiger partial charge in [0.1, 0.15) is 12.3 Å². The summed E-state index contributed by atoms with van der Waals surface area (Å²) in [6.45, 7) is 6.12. The summed E-state index contributed by atoms with van der Waals surface area (Å²) in [7, 11) is 3.29. The summed E-state index contributed by atoms with van der Waals surface area (Å²) in [4.78, 5) is 13.7. The predicted octanol–water partition coefficient (Wildman–Crippen LogP) is 4.83. The lowest BCUT2D eigenvalue weighted by Gasteiger charge is -2.22. The Morgan fingerprint density at radius 2 is 1.90 bits per heavy atom. The molecule has 0 unspecified atom stereocenters. The van der Waals surface area contributed by atoms with Gasteiger partial charge in [-0.1, -0.05) is 49.7 Å². The molecule has 2 N–H and O–H groups in total. The quantitative estimate of drug-likeness (QED) is 0.526. The summed E-state index contributed by atoms with van der Waals surface area (Å²) in [5.74, 6) is 0.544. The van der Waals surface area contributed by atoms with Crippen molar-refractivity contribution >= 4 is 34.6 Å². The van der Waals surface area contributed by atoms with Crippen molar-refractivity contribution in [1.82, 2.24) is 5.32 Å². The maximum Gasteiger partial charge on any atom is 0.227 e. The van der Waals surface area contributed by atoms with Gasteiger partial charge in [0, 0.05) is 19.5 Å². The maximum absolute atomic E-state index is 12.2. The summed E-state index contributed by atoms with van der Waals surface area (Å²) in [5.41, 5.74) is 3.81. The zero-order chi connectivity index (χ0) is 23.2. The fraction of sp³-hybridized carbons (Fsp3) is 0.375. The normalized spacial score (nSPS) is 11.9. The molecule has 3 rings (SSSR count). The van der Waals surface area contributed by atoms with Crippen LogP contribution in [0.1, 0.15) is 37.8 Å². The van der Waals surface area contributed by atoms with Crippen molar-refractivity contribution in [3.8, 4) is 11.8 Å². The average Bonchev–Trinajstić information content (AvgIpc) is 2.94. The summed E-state index contributed by atoms with van der Waals surface area (Å²) in [6, 6.07) is 16.0. The van der Waals surface area contributed by atoms with Gasteiger partial charge in [-0.2, -0.15) is 5.26 Å². The monoisotopic (exact) mass is 440 g/mol. The number of carbonyl (C=O) groups excluding carboxylic acids is 1. The minimum absolute atomic E-state index is 0.0335. The summed E-state index contributed by atoms with van der Waals surface area (Å²) >= 11 is 5.12. The van der Waals surface area contributed by atoms with Gasteiger partial charge in [-0.25, -0.2) is 0 Å². The highest BCUT2D eigenvalue weighted by Crippen LogP contribution is 2.36. The number of methoxy groups -OCH3 is 1. The van der Waals surface area contributed by atoms with Crippen LogP contribution >= 0.6 is 12.2 Å². The first kappa shape index (κ1) is 25.9. The number of fused-ring (bicyclic) bond motifs is 1. The molecule has 0 radical (unpaired) electrons. The molecule has 0 fully saturated rings. The SMILES string of the molecule is CC.CNC(=S)Nc1cc2c(cc1OC)N(CC#N)C(=O)CCC2.Cc1ccccc1. The number of amides is 1. The topological polar surface area (TPSA) is 77.4 Å². The number of nitriles is 1. The van der Waals surface area contributed by atoms with E-state index in [0.29, 0.717) is 17.3 Å². The summed E-state index contributed by atoms with van der Waals surface area (Å²) < 4.78 is 5.39. The fourth-order valence-corrected chi connectivity index (χ4v) is 3.10. The van der Waals surface area contributed by atoms with Crippen LogP contribution in [0.15, 0.2) is 42.5 Å². The minimum Gasteiger partial charge on any atom is -0.494 e. The first-order valence-electron chi connectivity index (χ1n) is 10.4. The van der Waals surface area contributed by atoms with Crippen LogP contribution in [-0.2, 0) is 11.2 Å². The van der Waals surface area contributed by atoms with Gasteiger partial charge in [-0.15, -0.1) is 0 Å². The van der Waals surface area contributed by atoms with Gasteiger partial charge < -0.3 is 15.4 Å². The molecule has 1 amide bonds. The van der Waals surface area contributed by atoms with E-state index in [1.54, 1.807) is 20.2 Å². The van der Waals surface area contributed by atoms with Crippen molar-refractivity contribution in [3.63, 3.8) is 0 Å². The lowest BCUT2D eigenvalue weighted by molar-refractivity contribution is -0.118. The van der Waals surface area contributed by atoms with Crippen LogP contribution in [0.25, 0.3) is 0 Å². The number of nitrogens with zero attached hydrogens (tertiary/aromatic N) is 2. The number of thiocarbonyl (C=S) groups is 1. The third-order valence-corrected chi connectivity index (χ3v) is 4.78. The van der Waals surface area contributed by atoms with Crippen LogP contribution in [0.4, 0.5) is 11.4 Å². The van der Waals surface area contributed by atoms with E-state index in [2.05, 4.69) is 29.7 Å². The minimum atomic E-state index is -0.0335. The van der Waals surface area contributed by atoms with E-state index in [-0.39, 0.29) is 12.5 Å². The summed E-state index contributed by atoms with van der Waals surface area (Å²) in [5, 5.41) is 15.4. The molecule has 0 atom stereocenters. The molecule has 2 aromatic carbocycles. The number of aryl methyl sites for hydroxylation is 2. The number of carbonyl (C=O) groups is 1. The molecule has 2 aromatic rings. The Kier molecular flexibility index (Phi) is 11.7. The first-order valence-corrected chi connectivity index (χ1v) is 10.8. The standard InChI is InChI=1S/C15H18N4O2S.C7H8.C2H6/c1-17-15(22)18-11-8-10-4-3-5-14(20)19(7-6-16)12(10)9-13(11)21-2;1-7-5-3-2-4-6-7;1-2/h8-9H,3-5,7H2,1-2H3,(H2,17,18,22);2-6H,1H3;1-2H3. The van der Waals surface area contributed by atoms with E-state index in [1.807, 2.05) is 44.2 Å². The number of rotatable bonds is 3. The lowest BCUT2D eigenvalue weighted by atomic mass is 10.1. The zero-order valence-corrected chi connectivity index (χ0v) is 19.8. The van der Waals surface area contributed by atoms with E-state index >= 15 is 0 Å². The number of nitrogens with one attached hydrogen (secondary N) is 2. The van der Waals surface area contributed by atoms with Gasteiger partial charge in [-0.3, -0.25) is 9.69 Å². The lowest BCUT2D eigenvalue weighted by Crippen LogP contribution is -2.30. The van der Waals surface area contributed by atoms with Crippen molar-refractivity contribution in [2.24, 2.45) is 0 Å². The number of ether oxygens (including phenoxy) is 1. The maximum atomic E-state index is 12.2. The van der Waals surface area contributed by atoms with Gasteiger partial charge in [0.2, 0.25) is 5.91 Å². The van der Waals surface area contributed by atoms with Gasteiger partial charge in [0.15, 0.2) is 5.11 Å². The van der Waals surface area contributed by atoms with Crippen LogP contribution in [-0.4, -0.2) is 31.7 Å². The second-order valence-electron chi connectivity index (χ2n) is 6.53. The zero-order valence-electron chi connectivity index (χ0n) is 19.0. The molecule has 1 aliphatic rings. The molecule has 0 spiro atoms. The van der Waals surface area contributed by atoms with E-state index in [9.17, 15) is 4.79 Å². The van der Waals surface area contributed by atoms with Crippen molar-refractivity contribution < 1.29 is 9.53 Å². The molecule has 7 heteroatoms. The molecule has 166 valence electrons. The molecule has 0 saturated carbocycles. The van der Waals surface area contributed by atoms with Gasteiger partial charge >= 0.3 is 0 Å². The predicted molar refractivity (Wildman–Crippen MR) is 132 cm³/mol. The number of benzene rings is 2. The molecule has 6 nitrogen and oxygen atoms in total. The van der Waals surface area contributed by atoms with Gasteiger partial charge in [0.25, 0.3) is 0 Å². The van der Waals surface area contributed by atoms with E-state index in [1.165, 1.54) is 10.5 Å². The summed E-state index contributed by atoms with van der Waals surface area (Å²) in [6.07, 6.45) is 1.97. The van der Waals surface area contributed by atoms with E-state index in [4.69, 9.17) is 22.2 Å². The van der Waals surface area contributed by atoms with Crippen molar-refractivity contribution in [3.05, 3.63) is 53.6 Å². The molecule has 0 bridgehead atoms. The average molecular weight is 441 g/mol. The van der Waals surface area contributed by atoms with Crippen LogP contribution in [0, 0.1) is 18.3 Å². The first-order chi connectivity index (χ1) is 15.0. The number of hydrogen-bond donors (Lipinski definition) is 2. The molecule has 31 heavy (non-hydrogen) atoms. The Labute approximate surface area is 191 Å². The molecular formula is C24H32N4O2S.